The lowest BCUT2D eigenvalue weighted by Gasteiger charge is -2.32. The van der Waals surface area contributed by atoms with E-state index in [4.69, 9.17) is 0 Å². The summed E-state index contributed by atoms with van der Waals surface area (Å²) >= 11 is 0. The van der Waals surface area contributed by atoms with E-state index in [-0.39, 0.29) is 12.6 Å². The summed E-state index contributed by atoms with van der Waals surface area (Å²) in [6, 6.07) is 6.90. The summed E-state index contributed by atoms with van der Waals surface area (Å²) in [4.78, 5) is 0. The van der Waals surface area contributed by atoms with E-state index in [0.29, 0.717) is 5.92 Å². The standard InChI is InChI=1S/C14H21NO/c1-10-5-6-12(8-11(10)2)13-4-3-7-15-14(13)9-16/h5-6,8,13-16H,3-4,7,9H2,1-2H3. The van der Waals surface area contributed by atoms with E-state index in [2.05, 4.69) is 37.4 Å². The molecule has 2 nitrogen and oxygen atoms in total. The van der Waals surface area contributed by atoms with Gasteiger partial charge in [0.25, 0.3) is 0 Å². The second-order valence-corrected chi connectivity index (χ2v) is 4.84. The largest absolute Gasteiger partial charge is 0.395 e. The molecule has 1 aliphatic rings. The van der Waals surface area contributed by atoms with E-state index in [1.54, 1.807) is 0 Å². The zero-order valence-corrected chi connectivity index (χ0v) is 10.2. The molecule has 2 heteroatoms. The van der Waals surface area contributed by atoms with E-state index >= 15 is 0 Å². The van der Waals surface area contributed by atoms with Crippen molar-refractivity contribution in [3.63, 3.8) is 0 Å². The summed E-state index contributed by atoms with van der Waals surface area (Å²) < 4.78 is 0. The Bertz CT molecular complexity index is 362. The SMILES string of the molecule is Cc1ccc(C2CCCNC2CO)cc1C. The summed E-state index contributed by atoms with van der Waals surface area (Å²) in [7, 11) is 0. The molecule has 2 atom stereocenters. The van der Waals surface area contributed by atoms with Crippen LogP contribution in [-0.2, 0) is 0 Å². The van der Waals surface area contributed by atoms with Gasteiger partial charge in [0.1, 0.15) is 0 Å². The number of hydrogen-bond acceptors (Lipinski definition) is 2. The Kier molecular flexibility index (Phi) is 3.62. The summed E-state index contributed by atoms with van der Waals surface area (Å²) in [5.74, 6) is 0.470. The number of nitrogens with one attached hydrogen (secondary N) is 1. The van der Waals surface area contributed by atoms with Crippen molar-refractivity contribution in [2.45, 2.75) is 38.6 Å². The molecule has 1 aliphatic heterocycles. The maximum atomic E-state index is 9.38. The maximum Gasteiger partial charge on any atom is 0.0590 e. The van der Waals surface area contributed by atoms with Gasteiger partial charge < -0.3 is 10.4 Å². The summed E-state index contributed by atoms with van der Waals surface area (Å²) in [5.41, 5.74) is 4.06. The van der Waals surface area contributed by atoms with E-state index in [0.717, 1.165) is 6.54 Å². The minimum absolute atomic E-state index is 0.232. The van der Waals surface area contributed by atoms with Crippen molar-refractivity contribution in [3.05, 3.63) is 34.9 Å². The van der Waals surface area contributed by atoms with Crippen LogP contribution in [-0.4, -0.2) is 24.3 Å². The van der Waals surface area contributed by atoms with Gasteiger partial charge in [-0.1, -0.05) is 18.2 Å². The molecule has 1 aromatic carbocycles. The molecule has 0 aliphatic carbocycles. The van der Waals surface area contributed by atoms with Crippen molar-refractivity contribution in [3.8, 4) is 0 Å². The maximum absolute atomic E-state index is 9.38. The summed E-state index contributed by atoms with van der Waals surface area (Å²) in [6.45, 7) is 5.56. The summed E-state index contributed by atoms with van der Waals surface area (Å²) in [6.07, 6.45) is 2.38. The quantitative estimate of drug-likeness (QED) is 0.798. The highest BCUT2D eigenvalue weighted by atomic mass is 16.3. The van der Waals surface area contributed by atoms with Crippen molar-refractivity contribution in [1.82, 2.24) is 5.32 Å². The van der Waals surface area contributed by atoms with Crippen molar-refractivity contribution in [2.75, 3.05) is 13.2 Å². The predicted molar refractivity (Wildman–Crippen MR) is 66.8 cm³/mol. The molecule has 16 heavy (non-hydrogen) atoms. The van der Waals surface area contributed by atoms with E-state index in [9.17, 15) is 5.11 Å². The molecule has 0 aromatic heterocycles. The van der Waals surface area contributed by atoms with Crippen molar-refractivity contribution < 1.29 is 5.11 Å². The molecule has 2 N–H and O–H groups in total. The number of aryl methyl sites for hydroxylation is 2. The van der Waals surface area contributed by atoms with Gasteiger partial charge in [0.05, 0.1) is 6.61 Å². The zero-order valence-electron chi connectivity index (χ0n) is 10.2. The molecule has 1 heterocycles. The van der Waals surface area contributed by atoms with Crippen LogP contribution in [0.3, 0.4) is 0 Å². The number of benzene rings is 1. The number of aliphatic hydroxyl groups is 1. The summed E-state index contributed by atoms with van der Waals surface area (Å²) in [5, 5.41) is 12.8. The van der Waals surface area contributed by atoms with Gasteiger partial charge in [-0.15, -0.1) is 0 Å². The molecule has 0 saturated carbocycles. The lowest BCUT2D eigenvalue weighted by atomic mass is 9.84. The van der Waals surface area contributed by atoms with Crippen LogP contribution in [0, 0.1) is 13.8 Å². The van der Waals surface area contributed by atoms with E-state index < -0.39 is 0 Å². The van der Waals surface area contributed by atoms with Gasteiger partial charge in [-0.2, -0.15) is 0 Å². The van der Waals surface area contributed by atoms with E-state index in [1.165, 1.54) is 29.5 Å². The Labute approximate surface area is 97.7 Å². The average Bonchev–Trinajstić information content (AvgIpc) is 2.32. The van der Waals surface area contributed by atoms with Crippen LogP contribution in [0.25, 0.3) is 0 Å². The first-order valence-corrected chi connectivity index (χ1v) is 6.13. The van der Waals surface area contributed by atoms with Crippen LogP contribution in [0.5, 0.6) is 0 Å². The van der Waals surface area contributed by atoms with Crippen LogP contribution in [0.15, 0.2) is 18.2 Å². The minimum atomic E-state index is 0.232. The second kappa shape index (κ2) is 4.98. The zero-order chi connectivity index (χ0) is 11.5. The molecule has 2 unspecified atom stereocenters. The van der Waals surface area contributed by atoms with Crippen LogP contribution < -0.4 is 5.32 Å². The number of hydrogen-bond donors (Lipinski definition) is 2. The fraction of sp³-hybridized carbons (Fsp3) is 0.571. The van der Waals surface area contributed by atoms with Gasteiger partial charge >= 0.3 is 0 Å². The molecule has 0 bridgehead atoms. The highest BCUT2D eigenvalue weighted by molar-refractivity contribution is 5.33. The second-order valence-electron chi connectivity index (χ2n) is 4.84. The Morgan fingerprint density at radius 1 is 1.31 bits per heavy atom. The van der Waals surface area contributed by atoms with Crippen LogP contribution in [0.2, 0.25) is 0 Å². The lowest BCUT2D eigenvalue weighted by Crippen LogP contribution is -2.42. The number of aliphatic hydroxyl groups excluding tert-OH is 1. The Morgan fingerprint density at radius 2 is 2.12 bits per heavy atom. The third-order valence-electron chi connectivity index (χ3n) is 3.74. The smallest absolute Gasteiger partial charge is 0.0590 e. The fourth-order valence-corrected chi connectivity index (χ4v) is 2.54. The topological polar surface area (TPSA) is 32.3 Å². The Balaban J connectivity index is 2.23. The molecule has 0 radical (unpaired) electrons. The Hall–Kier alpha value is -0.860. The third-order valence-corrected chi connectivity index (χ3v) is 3.74. The molecule has 2 rings (SSSR count). The molecule has 0 amide bonds. The van der Waals surface area contributed by atoms with Gasteiger partial charge in [0, 0.05) is 12.0 Å². The number of piperidine rings is 1. The highest BCUT2D eigenvalue weighted by Gasteiger charge is 2.25. The molecular weight excluding hydrogens is 198 g/mol. The van der Waals surface area contributed by atoms with Crippen molar-refractivity contribution in [2.24, 2.45) is 0 Å². The molecular formula is C14H21NO. The fourth-order valence-electron chi connectivity index (χ4n) is 2.54. The van der Waals surface area contributed by atoms with Crippen molar-refractivity contribution >= 4 is 0 Å². The third kappa shape index (κ3) is 2.28. The molecule has 1 saturated heterocycles. The first-order valence-electron chi connectivity index (χ1n) is 6.13. The van der Waals surface area contributed by atoms with Crippen LogP contribution in [0.1, 0.15) is 35.4 Å². The van der Waals surface area contributed by atoms with Crippen LogP contribution >= 0.6 is 0 Å². The lowest BCUT2D eigenvalue weighted by molar-refractivity contribution is 0.202. The van der Waals surface area contributed by atoms with E-state index in [1.807, 2.05) is 0 Å². The highest BCUT2D eigenvalue weighted by Crippen LogP contribution is 2.29. The first kappa shape index (κ1) is 11.6. The number of rotatable bonds is 2. The average molecular weight is 219 g/mol. The predicted octanol–water partition coefficient (Wildman–Crippen LogP) is 2.13. The van der Waals surface area contributed by atoms with Gasteiger partial charge in [0.15, 0.2) is 0 Å². The first-order chi connectivity index (χ1) is 7.72. The van der Waals surface area contributed by atoms with Crippen molar-refractivity contribution in [1.29, 1.82) is 0 Å². The Morgan fingerprint density at radius 3 is 2.81 bits per heavy atom. The molecule has 1 fully saturated rings. The van der Waals surface area contributed by atoms with Gasteiger partial charge in [0.2, 0.25) is 0 Å². The van der Waals surface area contributed by atoms with Gasteiger partial charge in [-0.05, 0) is 49.9 Å². The van der Waals surface area contributed by atoms with Crippen LogP contribution in [0.4, 0.5) is 0 Å². The molecule has 88 valence electrons. The monoisotopic (exact) mass is 219 g/mol. The minimum Gasteiger partial charge on any atom is -0.395 e. The molecule has 1 aromatic rings. The van der Waals surface area contributed by atoms with Gasteiger partial charge in [-0.25, -0.2) is 0 Å². The van der Waals surface area contributed by atoms with Gasteiger partial charge in [-0.3, -0.25) is 0 Å². The molecule has 0 spiro atoms. The normalized spacial score (nSPS) is 25.7.